The Bertz CT molecular complexity index is 300. The summed E-state index contributed by atoms with van der Waals surface area (Å²) in [4.78, 5) is 14.0. The van der Waals surface area contributed by atoms with Crippen molar-refractivity contribution in [2.75, 3.05) is 19.7 Å². The number of hydrogen-bond acceptors (Lipinski definition) is 4. The van der Waals surface area contributed by atoms with Crippen LogP contribution >= 0.6 is 0 Å². The fourth-order valence-electron chi connectivity index (χ4n) is 2.10. The molecular weight excluding hydrogens is 254 g/mol. The van der Waals surface area contributed by atoms with E-state index in [-0.39, 0.29) is 5.97 Å². The van der Waals surface area contributed by atoms with E-state index in [4.69, 9.17) is 9.47 Å². The summed E-state index contributed by atoms with van der Waals surface area (Å²) in [6.07, 6.45) is 3.55. The van der Waals surface area contributed by atoms with Crippen molar-refractivity contribution >= 4 is 5.97 Å². The first kappa shape index (κ1) is 19.1. The summed E-state index contributed by atoms with van der Waals surface area (Å²) in [5, 5.41) is 0. The van der Waals surface area contributed by atoms with Gasteiger partial charge in [0.25, 0.3) is 5.91 Å². The largest absolute Gasteiger partial charge is 0.415 e. The summed E-state index contributed by atoms with van der Waals surface area (Å²) >= 11 is 0. The SMILES string of the molecule is C=C(C)C(=O)OC(CCC)(OCCCC)N(CC)CC. The van der Waals surface area contributed by atoms with Crippen molar-refractivity contribution < 1.29 is 14.3 Å². The molecule has 0 heterocycles. The van der Waals surface area contributed by atoms with Crippen LogP contribution in [0.2, 0.25) is 0 Å². The molecule has 1 unspecified atom stereocenters. The van der Waals surface area contributed by atoms with Crippen molar-refractivity contribution in [1.29, 1.82) is 0 Å². The quantitative estimate of drug-likeness (QED) is 0.251. The number of carbonyl (C=O) groups excluding carboxylic acids is 1. The second-order valence-electron chi connectivity index (χ2n) is 5.01. The molecule has 0 aromatic rings. The molecule has 0 aromatic carbocycles. The molecule has 0 rings (SSSR count). The zero-order valence-corrected chi connectivity index (χ0v) is 13.8. The van der Waals surface area contributed by atoms with E-state index in [1.807, 2.05) is 13.8 Å². The van der Waals surface area contributed by atoms with E-state index >= 15 is 0 Å². The summed E-state index contributed by atoms with van der Waals surface area (Å²) in [6, 6.07) is 0. The van der Waals surface area contributed by atoms with Crippen molar-refractivity contribution in [2.45, 2.75) is 66.2 Å². The maximum Gasteiger partial charge on any atom is 0.336 e. The van der Waals surface area contributed by atoms with E-state index in [9.17, 15) is 4.79 Å². The minimum atomic E-state index is -0.955. The molecule has 0 aliphatic carbocycles. The minimum Gasteiger partial charge on any atom is -0.415 e. The molecule has 1 atom stereocenters. The molecule has 118 valence electrons. The molecule has 0 amide bonds. The summed E-state index contributed by atoms with van der Waals surface area (Å²) in [5.41, 5.74) is 0.400. The lowest BCUT2D eigenvalue weighted by molar-refractivity contribution is -0.302. The van der Waals surface area contributed by atoms with Gasteiger partial charge in [-0.1, -0.05) is 40.7 Å². The standard InChI is InChI=1S/C16H31NO3/c1-7-11-13-19-16(12-8-2,17(9-3)10-4)20-15(18)14(5)6/h5,7-13H2,1-4,6H3. The molecule has 0 aromatic heterocycles. The summed E-state index contributed by atoms with van der Waals surface area (Å²) in [5.74, 6) is -1.34. The average molecular weight is 285 g/mol. The summed E-state index contributed by atoms with van der Waals surface area (Å²) in [7, 11) is 0. The molecule has 20 heavy (non-hydrogen) atoms. The van der Waals surface area contributed by atoms with Crippen LogP contribution in [0.1, 0.15) is 60.3 Å². The van der Waals surface area contributed by atoms with E-state index in [0.717, 1.165) is 32.4 Å². The summed E-state index contributed by atoms with van der Waals surface area (Å²) in [6.45, 7) is 15.7. The van der Waals surface area contributed by atoms with Crippen LogP contribution < -0.4 is 0 Å². The maximum atomic E-state index is 12.0. The molecular formula is C16H31NO3. The Kier molecular flexibility index (Phi) is 9.51. The van der Waals surface area contributed by atoms with Crippen LogP contribution in [0.4, 0.5) is 0 Å². The zero-order valence-electron chi connectivity index (χ0n) is 13.8. The maximum absolute atomic E-state index is 12.0. The third kappa shape index (κ3) is 5.63. The Balaban J connectivity index is 5.18. The molecule has 0 saturated carbocycles. The highest BCUT2D eigenvalue weighted by Crippen LogP contribution is 2.26. The third-order valence-corrected chi connectivity index (χ3v) is 3.24. The molecule has 0 saturated heterocycles. The van der Waals surface area contributed by atoms with E-state index in [0.29, 0.717) is 18.6 Å². The number of unbranched alkanes of at least 4 members (excludes halogenated alkanes) is 1. The van der Waals surface area contributed by atoms with Gasteiger partial charge in [0.05, 0.1) is 6.61 Å². The van der Waals surface area contributed by atoms with Crippen molar-refractivity contribution in [3.8, 4) is 0 Å². The van der Waals surface area contributed by atoms with Gasteiger partial charge < -0.3 is 9.47 Å². The number of rotatable bonds is 11. The van der Waals surface area contributed by atoms with Crippen LogP contribution in [0.5, 0.6) is 0 Å². The van der Waals surface area contributed by atoms with Gasteiger partial charge in [-0.3, -0.25) is 0 Å². The number of nitrogens with zero attached hydrogens (tertiary/aromatic N) is 1. The Morgan fingerprint density at radius 2 is 1.75 bits per heavy atom. The van der Waals surface area contributed by atoms with Crippen LogP contribution in [0, 0.1) is 0 Å². The van der Waals surface area contributed by atoms with E-state index < -0.39 is 5.91 Å². The van der Waals surface area contributed by atoms with Crippen LogP contribution in [0.3, 0.4) is 0 Å². The van der Waals surface area contributed by atoms with Gasteiger partial charge in [0.1, 0.15) is 0 Å². The van der Waals surface area contributed by atoms with Gasteiger partial charge in [0, 0.05) is 25.1 Å². The van der Waals surface area contributed by atoms with Gasteiger partial charge in [-0.2, -0.15) is 0 Å². The Hall–Kier alpha value is -0.870. The van der Waals surface area contributed by atoms with Crippen molar-refractivity contribution in [1.82, 2.24) is 4.90 Å². The Labute approximate surface area is 124 Å². The molecule has 0 aliphatic rings. The normalized spacial score (nSPS) is 14.1. The van der Waals surface area contributed by atoms with Gasteiger partial charge in [-0.25, -0.2) is 9.69 Å². The average Bonchev–Trinajstić information content (AvgIpc) is 2.40. The molecule has 4 heteroatoms. The van der Waals surface area contributed by atoms with Crippen LogP contribution in [-0.4, -0.2) is 36.5 Å². The smallest absolute Gasteiger partial charge is 0.336 e. The topological polar surface area (TPSA) is 38.8 Å². The molecule has 0 bridgehead atoms. The lowest BCUT2D eigenvalue weighted by atomic mass is 10.2. The van der Waals surface area contributed by atoms with Crippen LogP contribution in [0.25, 0.3) is 0 Å². The van der Waals surface area contributed by atoms with Crippen LogP contribution in [-0.2, 0) is 14.3 Å². The monoisotopic (exact) mass is 285 g/mol. The van der Waals surface area contributed by atoms with Crippen molar-refractivity contribution in [3.05, 3.63) is 12.2 Å². The van der Waals surface area contributed by atoms with E-state index in [1.54, 1.807) is 6.92 Å². The highest BCUT2D eigenvalue weighted by Gasteiger charge is 2.40. The number of ether oxygens (including phenoxy) is 2. The zero-order chi connectivity index (χ0) is 15.6. The first-order valence-corrected chi connectivity index (χ1v) is 7.75. The van der Waals surface area contributed by atoms with Crippen molar-refractivity contribution in [3.63, 3.8) is 0 Å². The highest BCUT2D eigenvalue weighted by atomic mass is 16.7. The van der Waals surface area contributed by atoms with Gasteiger partial charge in [0.15, 0.2) is 0 Å². The van der Waals surface area contributed by atoms with Gasteiger partial charge in [0.2, 0.25) is 0 Å². The lowest BCUT2D eigenvalue weighted by Gasteiger charge is -2.41. The lowest BCUT2D eigenvalue weighted by Crippen LogP contribution is -2.54. The number of hydrogen-bond donors (Lipinski definition) is 0. The molecule has 0 spiro atoms. The molecule has 0 N–H and O–H groups in total. The number of carbonyl (C=O) groups is 1. The molecule has 4 nitrogen and oxygen atoms in total. The van der Waals surface area contributed by atoms with E-state index in [1.165, 1.54) is 0 Å². The van der Waals surface area contributed by atoms with E-state index in [2.05, 4.69) is 25.3 Å². The van der Waals surface area contributed by atoms with Crippen molar-refractivity contribution in [2.24, 2.45) is 0 Å². The highest BCUT2D eigenvalue weighted by molar-refractivity contribution is 5.87. The summed E-state index contributed by atoms with van der Waals surface area (Å²) < 4.78 is 11.7. The molecule has 0 aliphatic heterocycles. The predicted octanol–water partition coefficient (Wildman–Crippen LogP) is 3.72. The Morgan fingerprint density at radius 1 is 1.15 bits per heavy atom. The first-order valence-electron chi connectivity index (χ1n) is 7.75. The second kappa shape index (κ2) is 9.94. The first-order chi connectivity index (χ1) is 9.47. The van der Waals surface area contributed by atoms with Gasteiger partial charge >= 0.3 is 5.97 Å². The molecule has 0 fully saturated rings. The molecule has 0 radical (unpaired) electrons. The van der Waals surface area contributed by atoms with Crippen LogP contribution in [0.15, 0.2) is 12.2 Å². The second-order valence-corrected chi connectivity index (χ2v) is 5.01. The number of esters is 1. The minimum absolute atomic E-state index is 0.387. The Morgan fingerprint density at radius 3 is 2.15 bits per heavy atom. The van der Waals surface area contributed by atoms with Gasteiger partial charge in [-0.15, -0.1) is 0 Å². The fourth-order valence-corrected chi connectivity index (χ4v) is 2.10. The third-order valence-electron chi connectivity index (χ3n) is 3.24. The fraction of sp³-hybridized carbons (Fsp3) is 0.812. The van der Waals surface area contributed by atoms with Gasteiger partial charge in [-0.05, 0) is 19.8 Å². The predicted molar refractivity (Wildman–Crippen MR) is 82.3 cm³/mol.